The van der Waals surface area contributed by atoms with Crippen LogP contribution in [0.2, 0.25) is 10.0 Å². The Kier molecular flexibility index (Phi) is 5.73. The van der Waals surface area contributed by atoms with Gasteiger partial charge in [-0.25, -0.2) is 0 Å². The number of aromatic nitrogens is 1. The Morgan fingerprint density at radius 2 is 1.18 bits per heavy atom. The van der Waals surface area contributed by atoms with Gasteiger partial charge in [-0.05, 0) is 47.0 Å². The van der Waals surface area contributed by atoms with Crippen molar-refractivity contribution < 1.29 is 10.2 Å². The summed E-state index contributed by atoms with van der Waals surface area (Å²) in [5.41, 5.74) is 2.29. The lowest BCUT2D eigenvalue weighted by atomic mass is 9.80. The number of para-hydroxylation sites is 1. The molecule has 5 rings (SSSR count). The van der Waals surface area contributed by atoms with Crippen molar-refractivity contribution in [1.29, 1.82) is 0 Å². The van der Waals surface area contributed by atoms with Crippen LogP contribution in [0.3, 0.4) is 0 Å². The van der Waals surface area contributed by atoms with Gasteiger partial charge in [-0.3, -0.25) is 0 Å². The fourth-order valence-corrected chi connectivity index (χ4v) is 4.62. The summed E-state index contributed by atoms with van der Waals surface area (Å²) < 4.78 is 0. The zero-order chi connectivity index (χ0) is 23.0. The molecule has 3 nitrogen and oxygen atoms in total. The Morgan fingerprint density at radius 3 is 1.76 bits per heavy atom. The predicted octanol–water partition coefficient (Wildman–Crippen LogP) is 6.84. The number of aliphatic hydroxyl groups excluding tert-OH is 1. The second-order valence-electron chi connectivity index (χ2n) is 8.00. The third-order valence-electron chi connectivity index (χ3n) is 6.02. The number of nitrogens with one attached hydrogen (secondary N) is 1. The van der Waals surface area contributed by atoms with Gasteiger partial charge in [0.15, 0.2) is 5.60 Å². The summed E-state index contributed by atoms with van der Waals surface area (Å²) in [6.45, 7) is 0. The maximum absolute atomic E-state index is 12.5. The average Bonchev–Trinajstić information content (AvgIpc) is 3.24. The van der Waals surface area contributed by atoms with E-state index in [2.05, 4.69) is 4.98 Å². The van der Waals surface area contributed by atoms with E-state index in [1.165, 1.54) is 0 Å². The Bertz CT molecular complexity index is 1350. The molecular weight excluding hydrogens is 453 g/mol. The molecular formula is C28H21Cl2NO2. The van der Waals surface area contributed by atoms with Crippen LogP contribution in [0.5, 0.6) is 0 Å². The van der Waals surface area contributed by atoms with Gasteiger partial charge in [0, 0.05) is 26.5 Å². The van der Waals surface area contributed by atoms with Crippen LogP contribution < -0.4 is 0 Å². The zero-order valence-electron chi connectivity index (χ0n) is 17.5. The monoisotopic (exact) mass is 473 g/mol. The molecule has 5 aromatic rings. The van der Waals surface area contributed by atoms with Crippen LogP contribution in [-0.2, 0) is 5.60 Å². The first-order chi connectivity index (χ1) is 16.0. The maximum Gasteiger partial charge on any atom is 0.155 e. The summed E-state index contributed by atoms with van der Waals surface area (Å²) >= 11 is 12.3. The molecule has 0 saturated heterocycles. The molecule has 0 radical (unpaired) electrons. The number of fused-ring (bicyclic) bond motifs is 1. The SMILES string of the molecule is OC(c1ccccc1)c1c(C(O)(c2ccc(Cl)cc2)c2ccc(Cl)cc2)[nH]c2ccccc12. The molecule has 0 spiro atoms. The van der Waals surface area contributed by atoms with Crippen molar-refractivity contribution in [3.8, 4) is 0 Å². The Hall–Kier alpha value is -3.08. The molecule has 1 unspecified atom stereocenters. The van der Waals surface area contributed by atoms with E-state index in [0.717, 1.165) is 16.5 Å². The summed E-state index contributed by atoms with van der Waals surface area (Å²) in [7, 11) is 0. The van der Waals surface area contributed by atoms with Gasteiger partial charge in [0.25, 0.3) is 0 Å². The minimum atomic E-state index is -1.60. The summed E-state index contributed by atoms with van der Waals surface area (Å²) in [5, 5.41) is 26.0. The van der Waals surface area contributed by atoms with Gasteiger partial charge >= 0.3 is 0 Å². The fourth-order valence-electron chi connectivity index (χ4n) is 4.37. The molecule has 0 aliphatic carbocycles. The number of halogens is 2. The molecule has 1 atom stereocenters. The van der Waals surface area contributed by atoms with Crippen LogP contribution in [0.25, 0.3) is 10.9 Å². The van der Waals surface area contributed by atoms with Gasteiger partial charge in [0.2, 0.25) is 0 Å². The summed E-state index contributed by atoms with van der Waals surface area (Å²) in [5.74, 6) is 0. The van der Waals surface area contributed by atoms with E-state index in [-0.39, 0.29) is 0 Å². The topological polar surface area (TPSA) is 56.2 Å². The molecule has 5 heteroatoms. The van der Waals surface area contributed by atoms with Gasteiger partial charge in [0.05, 0.1) is 5.69 Å². The molecule has 0 aliphatic rings. The minimum absolute atomic E-state index is 0.490. The lowest BCUT2D eigenvalue weighted by Crippen LogP contribution is -2.31. The largest absolute Gasteiger partial charge is 0.384 e. The Morgan fingerprint density at radius 1 is 0.667 bits per heavy atom. The van der Waals surface area contributed by atoms with E-state index in [4.69, 9.17) is 23.2 Å². The van der Waals surface area contributed by atoms with E-state index in [1.807, 2.05) is 54.6 Å². The molecule has 164 valence electrons. The van der Waals surface area contributed by atoms with Crippen LogP contribution in [0, 0.1) is 0 Å². The van der Waals surface area contributed by atoms with Gasteiger partial charge in [-0.1, -0.05) is 96.0 Å². The van der Waals surface area contributed by atoms with E-state index < -0.39 is 11.7 Å². The van der Waals surface area contributed by atoms with Gasteiger partial charge in [0.1, 0.15) is 6.10 Å². The highest BCUT2D eigenvalue weighted by Crippen LogP contribution is 2.44. The molecule has 3 N–H and O–H groups in total. The number of aromatic amines is 1. The van der Waals surface area contributed by atoms with Crippen molar-refractivity contribution in [3.05, 3.63) is 141 Å². The minimum Gasteiger partial charge on any atom is -0.384 e. The predicted molar refractivity (Wildman–Crippen MR) is 134 cm³/mol. The van der Waals surface area contributed by atoms with Crippen molar-refractivity contribution in [2.75, 3.05) is 0 Å². The standard InChI is InChI=1S/C28H21Cl2NO2/c29-21-14-10-19(11-15-21)28(33,20-12-16-22(30)17-13-20)27-25(23-8-4-5-9-24(23)31-27)26(32)18-6-2-1-3-7-18/h1-17,26,31-33H. The smallest absolute Gasteiger partial charge is 0.155 e. The second-order valence-corrected chi connectivity index (χ2v) is 8.87. The highest BCUT2D eigenvalue weighted by molar-refractivity contribution is 6.30. The maximum atomic E-state index is 12.5. The van der Waals surface area contributed by atoms with E-state index >= 15 is 0 Å². The van der Waals surface area contributed by atoms with Crippen molar-refractivity contribution in [1.82, 2.24) is 4.98 Å². The molecule has 1 heterocycles. The van der Waals surface area contributed by atoms with Gasteiger partial charge < -0.3 is 15.2 Å². The van der Waals surface area contributed by atoms with Crippen LogP contribution in [0.1, 0.15) is 34.1 Å². The number of aliphatic hydroxyl groups is 2. The lowest BCUT2D eigenvalue weighted by Gasteiger charge is -2.31. The number of hydrogen-bond acceptors (Lipinski definition) is 2. The highest BCUT2D eigenvalue weighted by atomic mass is 35.5. The first kappa shape index (κ1) is 21.7. The fraction of sp³-hybridized carbons (Fsp3) is 0.0714. The molecule has 0 fully saturated rings. The molecule has 33 heavy (non-hydrogen) atoms. The van der Waals surface area contributed by atoms with E-state index in [1.54, 1.807) is 48.5 Å². The molecule has 0 bridgehead atoms. The van der Waals surface area contributed by atoms with Crippen molar-refractivity contribution in [2.24, 2.45) is 0 Å². The van der Waals surface area contributed by atoms with Crippen LogP contribution in [-0.4, -0.2) is 15.2 Å². The van der Waals surface area contributed by atoms with Crippen LogP contribution >= 0.6 is 23.2 Å². The van der Waals surface area contributed by atoms with Crippen LogP contribution in [0.15, 0.2) is 103 Å². The third-order valence-corrected chi connectivity index (χ3v) is 6.52. The van der Waals surface area contributed by atoms with Crippen molar-refractivity contribution in [2.45, 2.75) is 11.7 Å². The lowest BCUT2D eigenvalue weighted by molar-refractivity contribution is 0.116. The first-order valence-corrected chi connectivity index (χ1v) is 11.3. The zero-order valence-corrected chi connectivity index (χ0v) is 19.1. The van der Waals surface area contributed by atoms with Gasteiger partial charge in [-0.15, -0.1) is 0 Å². The molecule has 1 aromatic heterocycles. The summed E-state index contributed by atoms with van der Waals surface area (Å²) in [6, 6.07) is 31.3. The Balaban J connectivity index is 1.83. The second kappa shape index (κ2) is 8.69. The van der Waals surface area contributed by atoms with Crippen LogP contribution in [0.4, 0.5) is 0 Å². The molecule has 0 aliphatic heterocycles. The highest BCUT2D eigenvalue weighted by Gasteiger charge is 2.39. The molecule has 0 saturated carbocycles. The first-order valence-electron chi connectivity index (χ1n) is 10.6. The Labute approximate surface area is 201 Å². The average molecular weight is 474 g/mol. The normalized spacial score (nSPS) is 12.7. The van der Waals surface area contributed by atoms with Crippen molar-refractivity contribution in [3.63, 3.8) is 0 Å². The number of hydrogen-bond donors (Lipinski definition) is 3. The van der Waals surface area contributed by atoms with E-state index in [9.17, 15) is 10.2 Å². The summed E-state index contributed by atoms with van der Waals surface area (Å²) in [6.07, 6.45) is -0.955. The quantitative estimate of drug-likeness (QED) is 0.261. The number of H-pyrrole nitrogens is 1. The number of benzene rings is 4. The molecule has 4 aromatic carbocycles. The molecule has 0 amide bonds. The van der Waals surface area contributed by atoms with Crippen molar-refractivity contribution >= 4 is 34.1 Å². The third kappa shape index (κ3) is 3.84. The van der Waals surface area contributed by atoms with E-state index in [0.29, 0.717) is 32.4 Å². The summed E-state index contributed by atoms with van der Waals surface area (Å²) in [4.78, 5) is 3.41. The number of rotatable bonds is 5. The van der Waals surface area contributed by atoms with Gasteiger partial charge in [-0.2, -0.15) is 0 Å².